The second-order valence-corrected chi connectivity index (χ2v) is 6.19. The number of ether oxygens (including phenoxy) is 2. The molecule has 0 aliphatic rings. The summed E-state index contributed by atoms with van der Waals surface area (Å²) in [6.45, 7) is 1.92. The summed E-state index contributed by atoms with van der Waals surface area (Å²) in [7, 11) is 3.24. The number of nitrogens with zero attached hydrogens (tertiary/aromatic N) is 1. The summed E-state index contributed by atoms with van der Waals surface area (Å²) in [5.74, 6) is 0.684. The zero-order valence-corrected chi connectivity index (χ0v) is 15.9. The van der Waals surface area contributed by atoms with Crippen LogP contribution < -0.4 is 15.6 Å². The summed E-state index contributed by atoms with van der Waals surface area (Å²) in [6.07, 6.45) is 0.821. The zero-order chi connectivity index (χ0) is 18.9. The Labute approximate surface area is 157 Å². The summed E-state index contributed by atoms with van der Waals surface area (Å²) >= 11 is 5.40. The van der Waals surface area contributed by atoms with Crippen LogP contribution in [0.3, 0.4) is 0 Å². The molecular formula is C18H25N3O4S. The van der Waals surface area contributed by atoms with Gasteiger partial charge >= 0.3 is 0 Å². The molecule has 0 spiro atoms. The molecule has 0 bridgehead atoms. The smallest absolute Gasteiger partial charge is 0.253 e. The molecule has 0 saturated heterocycles. The molecular weight excluding hydrogens is 354 g/mol. The molecule has 2 rings (SSSR count). The number of aromatic amines is 1. The average Bonchev–Trinajstić information content (AvgIpc) is 2.64. The Morgan fingerprint density at radius 1 is 1.35 bits per heavy atom. The van der Waals surface area contributed by atoms with Crippen molar-refractivity contribution in [3.63, 3.8) is 0 Å². The molecule has 0 aliphatic carbocycles. The second kappa shape index (κ2) is 10.1. The molecule has 26 heavy (non-hydrogen) atoms. The molecule has 2 aromatic rings. The number of hydrogen-bond donors (Lipinski definition) is 3. The number of hydrogen-bond acceptors (Lipinski definition) is 5. The van der Waals surface area contributed by atoms with E-state index in [0.717, 1.165) is 11.8 Å². The first-order valence-electron chi connectivity index (χ1n) is 8.41. The fraction of sp³-hybridized carbons (Fsp3) is 0.444. The van der Waals surface area contributed by atoms with Gasteiger partial charge in [0.15, 0.2) is 5.11 Å². The lowest BCUT2D eigenvalue weighted by atomic mass is 10.1. The standard InChI is InChI=1S/C18H25N3O4S/c1-24-9-3-6-19-18(26)21(7-8-22)12-14-10-13-4-5-15(25-2)11-16(13)20-17(14)23/h4-5,10-11,22H,3,6-9,12H2,1-2H3,(H,19,26)(H,20,23). The third kappa shape index (κ3) is 5.42. The minimum atomic E-state index is -0.184. The lowest BCUT2D eigenvalue weighted by Gasteiger charge is -2.25. The molecule has 1 heterocycles. The monoisotopic (exact) mass is 379 g/mol. The molecule has 0 radical (unpaired) electrons. The normalized spacial score (nSPS) is 10.7. The van der Waals surface area contributed by atoms with Crippen LogP contribution >= 0.6 is 12.2 Å². The number of aromatic nitrogens is 1. The van der Waals surface area contributed by atoms with Gasteiger partial charge in [0.05, 0.1) is 25.8 Å². The molecule has 0 unspecified atom stereocenters. The zero-order valence-electron chi connectivity index (χ0n) is 15.1. The van der Waals surface area contributed by atoms with Gasteiger partial charge in [0, 0.05) is 38.4 Å². The highest BCUT2D eigenvalue weighted by atomic mass is 32.1. The Morgan fingerprint density at radius 3 is 2.85 bits per heavy atom. The Balaban J connectivity index is 2.15. The van der Waals surface area contributed by atoms with Crippen molar-refractivity contribution in [2.24, 2.45) is 0 Å². The largest absolute Gasteiger partial charge is 0.497 e. The van der Waals surface area contributed by atoms with Gasteiger partial charge in [-0.05, 0) is 42.2 Å². The van der Waals surface area contributed by atoms with E-state index >= 15 is 0 Å². The summed E-state index contributed by atoms with van der Waals surface area (Å²) in [4.78, 5) is 17.1. The van der Waals surface area contributed by atoms with Crippen molar-refractivity contribution < 1.29 is 14.6 Å². The molecule has 0 saturated carbocycles. The number of H-pyrrole nitrogens is 1. The van der Waals surface area contributed by atoms with Crippen LogP contribution in [0.25, 0.3) is 10.9 Å². The Morgan fingerprint density at radius 2 is 2.15 bits per heavy atom. The van der Waals surface area contributed by atoms with Crippen LogP contribution in [0.2, 0.25) is 0 Å². The van der Waals surface area contributed by atoms with Crippen LogP contribution in [0.4, 0.5) is 0 Å². The van der Waals surface area contributed by atoms with E-state index in [-0.39, 0.29) is 12.2 Å². The molecule has 3 N–H and O–H groups in total. The van der Waals surface area contributed by atoms with Crippen molar-refractivity contribution in [3.05, 3.63) is 40.2 Å². The molecule has 0 fully saturated rings. The van der Waals surface area contributed by atoms with Gasteiger partial charge in [-0.2, -0.15) is 0 Å². The highest BCUT2D eigenvalue weighted by Gasteiger charge is 2.13. The van der Waals surface area contributed by atoms with Gasteiger partial charge in [0.25, 0.3) is 5.56 Å². The fourth-order valence-corrected chi connectivity index (χ4v) is 2.83. The van der Waals surface area contributed by atoms with E-state index in [1.54, 1.807) is 25.2 Å². The van der Waals surface area contributed by atoms with Gasteiger partial charge < -0.3 is 29.8 Å². The molecule has 7 nitrogen and oxygen atoms in total. The summed E-state index contributed by atoms with van der Waals surface area (Å²) < 4.78 is 10.2. The van der Waals surface area contributed by atoms with Crippen LogP contribution in [0.5, 0.6) is 5.75 Å². The molecule has 0 aliphatic heterocycles. The van der Waals surface area contributed by atoms with E-state index < -0.39 is 0 Å². The number of methoxy groups -OCH3 is 2. The van der Waals surface area contributed by atoms with Gasteiger partial charge in [0.1, 0.15) is 5.75 Å². The predicted octanol–water partition coefficient (Wildman–Crippen LogP) is 1.24. The van der Waals surface area contributed by atoms with E-state index in [4.69, 9.17) is 21.7 Å². The minimum absolute atomic E-state index is 0.0530. The maximum absolute atomic E-state index is 12.4. The summed E-state index contributed by atoms with van der Waals surface area (Å²) in [6, 6.07) is 7.36. The molecule has 1 aromatic heterocycles. The molecule has 1 aromatic carbocycles. The minimum Gasteiger partial charge on any atom is -0.497 e. The maximum atomic E-state index is 12.4. The molecule has 0 amide bonds. The highest BCUT2D eigenvalue weighted by molar-refractivity contribution is 7.80. The molecule has 8 heteroatoms. The molecule has 142 valence electrons. The lowest BCUT2D eigenvalue weighted by molar-refractivity contribution is 0.195. The number of thiocarbonyl (C=S) groups is 1. The van der Waals surface area contributed by atoms with Crippen molar-refractivity contribution >= 4 is 28.2 Å². The summed E-state index contributed by atoms with van der Waals surface area (Å²) in [5.41, 5.74) is 1.11. The van der Waals surface area contributed by atoms with E-state index in [1.807, 2.05) is 18.2 Å². The number of nitrogens with one attached hydrogen (secondary N) is 2. The Kier molecular flexibility index (Phi) is 7.83. The maximum Gasteiger partial charge on any atom is 0.253 e. The number of pyridine rings is 1. The number of aliphatic hydroxyl groups is 1. The van der Waals surface area contributed by atoms with Crippen LogP contribution in [0, 0.1) is 0 Å². The van der Waals surface area contributed by atoms with E-state index in [0.29, 0.717) is 48.2 Å². The third-order valence-electron chi connectivity index (χ3n) is 3.95. The predicted molar refractivity (Wildman–Crippen MR) is 106 cm³/mol. The van der Waals surface area contributed by atoms with E-state index in [1.165, 1.54) is 0 Å². The van der Waals surface area contributed by atoms with Crippen LogP contribution in [0.1, 0.15) is 12.0 Å². The van der Waals surface area contributed by atoms with Crippen LogP contribution in [-0.4, -0.2) is 60.6 Å². The number of aliphatic hydroxyl groups excluding tert-OH is 1. The van der Waals surface area contributed by atoms with Gasteiger partial charge in [-0.3, -0.25) is 4.79 Å². The van der Waals surface area contributed by atoms with Gasteiger partial charge in [-0.25, -0.2) is 0 Å². The first-order chi connectivity index (χ1) is 12.6. The number of fused-ring (bicyclic) bond motifs is 1. The SMILES string of the molecule is COCCCNC(=S)N(CCO)Cc1cc2ccc(OC)cc2[nH]c1=O. The quantitative estimate of drug-likeness (QED) is 0.446. The van der Waals surface area contributed by atoms with Crippen LogP contribution in [0.15, 0.2) is 29.1 Å². The van der Waals surface area contributed by atoms with Crippen molar-refractivity contribution in [1.29, 1.82) is 0 Å². The topological polar surface area (TPSA) is 86.8 Å². The Hall–Kier alpha value is -2.16. The number of benzene rings is 1. The van der Waals surface area contributed by atoms with Crippen molar-refractivity contribution in [2.75, 3.05) is 40.5 Å². The van der Waals surface area contributed by atoms with E-state index in [9.17, 15) is 9.90 Å². The van der Waals surface area contributed by atoms with Gasteiger partial charge in [0.2, 0.25) is 0 Å². The first kappa shape index (κ1) is 20.2. The second-order valence-electron chi connectivity index (χ2n) is 5.80. The average molecular weight is 379 g/mol. The summed E-state index contributed by atoms with van der Waals surface area (Å²) in [5, 5.41) is 13.9. The van der Waals surface area contributed by atoms with Gasteiger partial charge in [-0.1, -0.05) is 0 Å². The fourth-order valence-electron chi connectivity index (χ4n) is 2.57. The Bertz CT molecular complexity index is 794. The lowest BCUT2D eigenvalue weighted by Crippen LogP contribution is -2.42. The highest BCUT2D eigenvalue weighted by Crippen LogP contribution is 2.18. The first-order valence-corrected chi connectivity index (χ1v) is 8.82. The van der Waals surface area contributed by atoms with Crippen LogP contribution in [-0.2, 0) is 11.3 Å². The van der Waals surface area contributed by atoms with E-state index in [2.05, 4.69) is 10.3 Å². The van der Waals surface area contributed by atoms with Crippen molar-refractivity contribution in [2.45, 2.75) is 13.0 Å². The third-order valence-corrected chi connectivity index (χ3v) is 4.35. The number of rotatable bonds is 9. The van der Waals surface area contributed by atoms with Gasteiger partial charge in [-0.15, -0.1) is 0 Å². The van der Waals surface area contributed by atoms with Crippen molar-refractivity contribution in [1.82, 2.24) is 15.2 Å². The van der Waals surface area contributed by atoms with Crippen molar-refractivity contribution in [3.8, 4) is 5.75 Å². The molecule has 0 atom stereocenters.